The van der Waals surface area contributed by atoms with E-state index in [1.54, 1.807) is 19.3 Å². The van der Waals surface area contributed by atoms with Gasteiger partial charge in [0.15, 0.2) is 0 Å². The van der Waals surface area contributed by atoms with Crippen LogP contribution in [-0.4, -0.2) is 10.8 Å². The van der Waals surface area contributed by atoms with Gasteiger partial charge in [-0.15, -0.1) is 0 Å². The molecular formula is C11H15NO. The average Bonchev–Trinajstić information content (AvgIpc) is 2.14. The second-order valence-electron chi connectivity index (χ2n) is 3.26. The molecule has 0 amide bonds. The number of carbonyl (C=O) groups is 1. The van der Waals surface area contributed by atoms with Gasteiger partial charge in [-0.3, -0.25) is 4.98 Å². The molecule has 0 fully saturated rings. The number of carbonyl (C=O) groups excluding carboxylic acids is 1. The number of Topliss-reactive ketones (excluding diaryl/α,β-unsaturated/α-hetero) is 1. The Morgan fingerprint density at radius 1 is 1.31 bits per heavy atom. The molecule has 13 heavy (non-hydrogen) atoms. The molecule has 0 aromatic carbocycles. The third-order valence-corrected chi connectivity index (χ3v) is 1.99. The predicted octanol–water partition coefficient (Wildman–Crippen LogP) is 2.38. The van der Waals surface area contributed by atoms with Crippen molar-refractivity contribution in [2.45, 2.75) is 32.6 Å². The van der Waals surface area contributed by atoms with Gasteiger partial charge in [0.25, 0.3) is 0 Å². The van der Waals surface area contributed by atoms with Crippen LogP contribution in [0.25, 0.3) is 0 Å². The standard InChI is InChI=1S/C11H15NO/c1-10(13)4-2-3-5-11-6-8-12-9-7-11/h6-9H,2-5H2,1H3. The Hall–Kier alpha value is -1.18. The van der Waals surface area contributed by atoms with Crippen molar-refractivity contribution in [3.8, 4) is 0 Å². The molecule has 0 aliphatic carbocycles. The summed E-state index contributed by atoms with van der Waals surface area (Å²) in [5.74, 6) is 0.287. The van der Waals surface area contributed by atoms with Crippen LogP contribution in [0.1, 0.15) is 31.7 Å². The lowest BCUT2D eigenvalue weighted by molar-refractivity contribution is -0.117. The molecule has 1 aromatic heterocycles. The molecule has 2 heteroatoms. The van der Waals surface area contributed by atoms with Crippen LogP contribution in [0.5, 0.6) is 0 Å². The third-order valence-electron chi connectivity index (χ3n) is 1.99. The number of ketones is 1. The first-order valence-corrected chi connectivity index (χ1v) is 4.67. The van der Waals surface area contributed by atoms with Crippen LogP contribution in [0.4, 0.5) is 0 Å². The fourth-order valence-electron chi connectivity index (χ4n) is 1.25. The Kier molecular flexibility index (Phi) is 4.16. The van der Waals surface area contributed by atoms with Crippen molar-refractivity contribution in [1.82, 2.24) is 4.98 Å². The number of aryl methyl sites for hydroxylation is 1. The predicted molar refractivity (Wildman–Crippen MR) is 52.5 cm³/mol. The number of hydrogen-bond donors (Lipinski definition) is 0. The van der Waals surface area contributed by atoms with Crippen LogP contribution in [-0.2, 0) is 11.2 Å². The van der Waals surface area contributed by atoms with Gasteiger partial charge in [-0.05, 0) is 43.9 Å². The quantitative estimate of drug-likeness (QED) is 0.646. The van der Waals surface area contributed by atoms with Gasteiger partial charge in [0.2, 0.25) is 0 Å². The monoisotopic (exact) mass is 177 g/mol. The molecule has 0 saturated carbocycles. The Balaban J connectivity index is 2.17. The normalized spacial score (nSPS) is 9.92. The molecule has 1 heterocycles. The zero-order valence-electron chi connectivity index (χ0n) is 7.99. The molecule has 2 nitrogen and oxygen atoms in total. The maximum atomic E-state index is 10.6. The van der Waals surface area contributed by atoms with Crippen LogP contribution in [0.15, 0.2) is 24.5 Å². The van der Waals surface area contributed by atoms with Crippen LogP contribution >= 0.6 is 0 Å². The van der Waals surface area contributed by atoms with Gasteiger partial charge in [-0.1, -0.05) is 0 Å². The van der Waals surface area contributed by atoms with E-state index >= 15 is 0 Å². The summed E-state index contributed by atoms with van der Waals surface area (Å²) < 4.78 is 0. The maximum absolute atomic E-state index is 10.6. The second-order valence-corrected chi connectivity index (χ2v) is 3.26. The molecule has 0 aliphatic rings. The van der Waals surface area contributed by atoms with Gasteiger partial charge in [-0.25, -0.2) is 0 Å². The van der Waals surface area contributed by atoms with E-state index in [1.807, 2.05) is 12.1 Å². The first-order valence-electron chi connectivity index (χ1n) is 4.67. The molecule has 1 rings (SSSR count). The largest absolute Gasteiger partial charge is 0.300 e. The number of nitrogens with zero attached hydrogens (tertiary/aromatic N) is 1. The number of aromatic nitrogens is 1. The van der Waals surface area contributed by atoms with E-state index in [0.717, 1.165) is 19.3 Å². The van der Waals surface area contributed by atoms with E-state index in [1.165, 1.54) is 5.56 Å². The summed E-state index contributed by atoms with van der Waals surface area (Å²) >= 11 is 0. The SMILES string of the molecule is CC(=O)CCCCc1ccncc1. The molecule has 0 atom stereocenters. The Morgan fingerprint density at radius 2 is 2.00 bits per heavy atom. The van der Waals surface area contributed by atoms with Crippen LogP contribution in [0.2, 0.25) is 0 Å². The van der Waals surface area contributed by atoms with Gasteiger partial charge >= 0.3 is 0 Å². The number of rotatable bonds is 5. The van der Waals surface area contributed by atoms with Crippen molar-refractivity contribution in [2.24, 2.45) is 0 Å². The molecule has 0 unspecified atom stereocenters. The summed E-state index contributed by atoms with van der Waals surface area (Å²) in [7, 11) is 0. The average molecular weight is 177 g/mol. The summed E-state index contributed by atoms with van der Waals surface area (Å²) in [5.41, 5.74) is 1.30. The Bertz CT molecular complexity index is 256. The molecule has 0 N–H and O–H groups in total. The molecule has 0 aliphatic heterocycles. The van der Waals surface area contributed by atoms with Crippen LogP contribution in [0, 0.1) is 0 Å². The lowest BCUT2D eigenvalue weighted by atomic mass is 10.1. The topological polar surface area (TPSA) is 30.0 Å². The minimum absolute atomic E-state index is 0.287. The highest BCUT2D eigenvalue weighted by Crippen LogP contribution is 2.05. The van der Waals surface area contributed by atoms with E-state index in [4.69, 9.17) is 0 Å². The zero-order chi connectivity index (χ0) is 9.52. The molecular weight excluding hydrogens is 162 g/mol. The fraction of sp³-hybridized carbons (Fsp3) is 0.455. The Labute approximate surface area is 79.0 Å². The highest BCUT2D eigenvalue weighted by molar-refractivity contribution is 5.75. The third kappa shape index (κ3) is 4.41. The van der Waals surface area contributed by atoms with E-state index < -0.39 is 0 Å². The summed E-state index contributed by atoms with van der Waals surface area (Å²) in [6, 6.07) is 4.04. The summed E-state index contributed by atoms with van der Waals surface area (Å²) in [4.78, 5) is 14.6. The Morgan fingerprint density at radius 3 is 2.62 bits per heavy atom. The first-order chi connectivity index (χ1) is 6.29. The van der Waals surface area contributed by atoms with E-state index in [9.17, 15) is 4.79 Å². The van der Waals surface area contributed by atoms with Crippen molar-refractivity contribution in [2.75, 3.05) is 0 Å². The highest BCUT2D eigenvalue weighted by atomic mass is 16.1. The van der Waals surface area contributed by atoms with Crippen LogP contribution in [0.3, 0.4) is 0 Å². The first kappa shape index (κ1) is 9.90. The van der Waals surface area contributed by atoms with Crippen molar-refractivity contribution >= 4 is 5.78 Å². The van der Waals surface area contributed by atoms with Crippen molar-refractivity contribution in [3.05, 3.63) is 30.1 Å². The number of pyridine rings is 1. The molecule has 70 valence electrons. The van der Waals surface area contributed by atoms with Crippen molar-refractivity contribution < 1.29 is 4.79 Å². The number of unbranched alkanes of at least 4 members (excludes halogenated alkanes) is 1. The molecule has 0 spiro atoms. The van der Waals surface area contributed by atoms with Gasteiger partial charge < -0.3 is 4.79 Å². The summed E-state index contributed by atoms with van der Waals surface area (Å²) in [5, 5.41) is 0. The summed E-state index contributed by atoms with van der Waals surface area (Å²) in [6.07, 6.45) is 7.46. The van der Waals surface area contributed by atoms with Crippen molar-refractivity contribution in [1.29, 1.82) is 0 Å². The van der Waals surface area contributed by atoms with E-state index in [-0.39, 0.29) is 5.78 Å². The lowest BCUT2D eigenvalue weighted by Crippen LogP contribution is -1.91. The molecule has 0 saturated heterocycles. The van der Waals surface area contributed by atoms with Crippen molar-refractivity contribution in [3.63, 3.8) is 0 Å². The van der Waals surface area contributed by atoms with Crippen LogP contribution < -0.4 is 0 Å². The second kappa shape index (κ2) is 5.46. The smallest absolute Gasteiger partial charge is 0.129 e. The maximum Gasteiger partial charge on any atom is 0.129 e. The minimum atomic E-state index is 0.287. The van der Waals surface area contributed by atoms with E-state index in [0.29, 0.717) is 6.42 Å². The lowest BCUT2D eigenvalue weighted by Gasteiger charge is -1.99. The zero-order valence-corrected chi connectivity index (χ0v) is 7.99. The van der Waals surface area contributed by atoms with E-state index in [2.05, 4.69) is 4.98 Å². The minimum Gasteiger partial charge on any atom is -0.300 e. The number of hydrogen-bond acceptors (Lipinski definition) is 2. The molecule has 0 radical (unpaired) electrons. The molecule has 0 bridgehead atoms. The molecule has 1 aromatic rings. The van der Waals surface area contributed by atoms with Gasteiger partial charge in [0, 0.05) is 18.8 Å². The van der Waals surface area contributed by atoms with Gasteiger partial charge in [0.05, 0.1) is 0 Å². The highest BCUT2D eigenvalue weighted by Gasteiger charge is 1.95. The van der Waals surface area contributed by atoms with Gasteiger partial charge in [-0.2, -0.15) is 0 Å². The van der Waals surface area contributed by atoms with Gasteiger partial charge in [0.1, 0.15) is 5.78 Å². The summed E-state index contributed by atoms with van der Waals surface area (Å²) in [6.45, 7) is 1.65. The fourth-order valence-corrected chi connectivity index (χ4v) is 1.25.